The lowest BCUT2D eigenvalue weighted by Gasteiger charge is -2.21. The van der Waals surface area contributed by atoms with Crippen LogP contribution in [0.2, 0.25) is 0 Å². The lowest BCUT2D eigenvalue weighted by molar-refractivity contribution is -0.659. The van der Waals surface area contributed by atoms with Crippen LogP contribution >= 0.6 is 0 Å². The van der Waals surface area contributed by atoms with Gasteiger partial charge in [-0.3, -0.25) is 0 Å². The van der Waals surface area contributed by atoms with E-state index < -0.39 is 0 Å². The van der Waals surface area contributed by atoms with Crippen LogP contribution in [-0.2, 0) is 13.5 Å². The zero-order valence-electron chi connectivity index (χ0n) is 20.1. The lowest BCUT2D eigenvalue weighted by Crippen LogP contribution is -2.31. The maximum atomic E-state index is 6.68. The molecule has 0 unspecified atom stereocenters. The summed E-state index contributed by atoms with van der Waals surface area (Å²) in [5.41, 5.74) is 7.40. The normalized spacial score (nSPS) is 13.2. The Morgan fingerprint density at radius 2 is 1.79 bits per heavy atom. The van der Waals surface area contributed by atoms with Gasteiger partial charge in [-0.05, 0) is 47.4 Å². The average molecular weight is 449 g/mol. The summed E-state index contributed by atoms with van der Waals surface area (Å²) in [6.45, 7) is 8.92. The van der Waals surface area contributed by atoms with E-state index in [9.17, 15) is 0 Å². The number of hydrogen-bond acceptors (Lipinski definition) is 3. The van der Waals surface area contributed by atoms with Crippen LogP contribution in [0.3, 0.4) is 0 Å². The van der Waals surface area contributed by atoms with Crippen molar-refractivity contribution in [1.82, 2.24) is 0 Å². The van der Waals surface area contributed by atoms with E-state index >= 15 is 0 Å². The van der Waals surface area contributed by atoms with E-state index in [1.165, 1.54) is 5.56 Å². The van der Waals surface area contributed by atoms with Crippen LogP contribution in [-0.4, -0.2) is 0 Å². The monoisotopic (exact) mass is 448 g/mol. The van der Waals surface area contributed by atoms with Crippen molar-refractivity contribution in [2.24, 2.45) is 12.5 Å². The highest BCUT2D eigenvalue weighted by Gasteiger charge is 2.33. The molecule has 0 fully saturated rings. The smallest absolute Gasteiger partial charge is 0.228 e. The Balaban J connectivity index is 1.62. The highest BCUT2D eigenvalue weighted by atomic mass is 16.5. The molecule has 4 heterocycles. The third-order valence-electron chi connectivity index (χ3n) is 7.08. The molecule has 34 heavy (non-hydrogen) atoms. The van der Waals surface area contributed by atoms with E-state index in [0.29, 0.717) is 0 Å². The van der Waals surface area contributed by atoms with Crippen LogP contribution in [0.1, 0.15) is 31.9 Å². The SMILES string of the molecule is Cc1c2c(cc3occc13)Oc1c3oc4c(CC(C)(C)C)cccc4c3cc3cc[n+](C)c-2c13. The van der Waals surface area contributed by atoms with Gasteiger partial charge in [-0.15, -0.1) is 0 Å². The molecule has 1 aliphatic rings. The minimum atomic E-state index is 0.161. The maximum absolute atomic E-state index is 6.68. The number of fused-ring (bicyclic) bond motifs is 7. The molecule has 0 atom stereocenters. The molecule has 0 saturated heterocycles. The number of ether oxygens (including phenoxy) is 1. The summed E-state index contributed by atoms with van der Waals surface area (Å²) in [7, 11) is 2.09. The van der Waals surface area contributed by atoms with Gasteiger partial charge >= 0.3 is 0 Å². The molecule has 7 rings (SSSR count). The van der Waals surface area contributed by atoms with E-state index in [-0.39, 0.29) is 5.41 Å². The third kappa shape index (κ3) is 2.57. The Kier molecular flexibility index (Phi) is 3.71. The molecule has 0 spiro atoms. The number of hydrogen-bond donors (Lipinski definition) is 0. The topological polar surface area (TPSA) is 39.4 Å². The van der Waals surface area contributed by atoms with Crippen LogP contribution in [0.5, 0.6) is 11.5 Å². The molecule has 168 valence electrons. The van der Waals surface area contributed by atoms with E-state index in [1.807, 2.05) is 12.1 Å². The summed E-state index contributed by atoms with van der Waals surface area (Å²) in [6.07, 6.45) is 4.82. The fourth-order valence-electron chi connectivity index (χ4n) is 5.65. The molecule has 1 aliphatic heterocycles. The van der Waals surface area contributed by atoms with Gasteiger partial charge in [0.15, 0.2) is 17.5 Å². The zero-order chi connectivity index (χ0) is 23.4. The maximum Gasteiger partial charge on any atom is 0.228 e. The number of nitrogens with zero attached hydrogens (tertiary/aromatic N) is 1. The van der Waals surface area contributed by atoms with Crippen LogP contribution in [0.4, 0.5) is 0 Å². The van der Waals surface area contributed by atoms with E-state index in [4.69, 9.17) is 13.6 Å². The van der Waals surface area contributed by atoms with Crippen molar-refractivity contribution >= 4 is 43.7 Å². The van der Waals surface area contributed by atoms with Gasteiger partial charge in [0, 0.05) is 28.3 Å². The predicted octanol–water partition coefficient (Wildman–Crippen LogP) is 7.98. The van der Waals surface area contributed by atoms with Crippen molar-refractivity contribution in [2.45, 2.75) is 34.1 Å². The largest absolute Gasteiger partial charge is 0.464 e. The number of aryl methyl sites for hydroxylation is 2. The molecule has 0 radical (unpaired) electrons. The van der Waals surface area contributed by atoms with E-state index in [0.717, 1.165) is 78.4 Å². The Labute approximate surface area is 197 Å². The van der Waals surface area contributed by atoms with Gasteiger partial charge in [0.05, 0.1) is 11.8 Å². The van der Waals surface area contributed by atoms with Gasteiger partial charge < -0.3 is 13.6 Å². The summed E-state index contributed by atoms with van der Waals surface area (Å²) >= 11 is 0. The summed E-state index contributed by atoms with van der Waals surface area (Å²) < 4.78 is 21.3. The Morgan fingerprint density at radius 1 is 0.941 bits per heavy atom. The first-order chi connectivity index (χ1) is 16.3. The number of aromatic nitrogens is 1. The molecular formula is C30H26NO3+. The fourth-order valence-corrected chi connectivity index (χ4v) is 5.65. The van der Waals surface area contributed by atoms with Crippen molar-refractivity contribution in [3.63, 3.8) is 0 Å². The quantitative estimate of drug-likeness (QED) is 0.239. The molecule has 3 aromatic heterocycles. The van der Waals surface area contributed by atoms with E-state index in [1.54, 1.807) is 6.26 Å². The number of para-hydroxylation sites is 1. The average Bonchev–Trinajstić information content (AvgIpc) is 3.40. The van der Waals surface area contributed by atoms with Gasteiger partial charge in [0.2, 0.25) is 5.69 Å². The third-order valence-corrected chi connectivity index (χ3v) is 7.08. The second-order valence-electron chi connectivity index (χ2n) is 10.8. The van der Waals surface area contributed by atoms with Gasteiger partial charge in [0.25, 0.3) is 0 Å². The Hall–Kier alpha value is -3.79. The van der Waals surface area contributed by atoms with Crippen molar-refractivity contribution in [2.75, 3.05) is 0 Å². The summed E-state index contributed by atoms with van der Waals surface area (Å²) in [4.78, 5) is 0. The summed E-state index contributed by atoms with van der Waals surface area (Å²) in [5.74, 6) is 1.59. The zero-order valence-corrected chi connectivity index (χ0v) is 20.1. The molecule has 0 saturated carbocycles. The first-order valence-electron chi connectivity index (χ1n) is 11.8. The molecule has 4 nitrogen and oxygen atoms in total. The number of pyridine rings is 1. The van der Waals surface area contributed by atoms with Gasteiger partial charge in [-0.2, -0.15) is 0 Å². The molecule has 0 amide bonds. The highest BCUT2D eigenvalue weighted by molar-refractivity contribution is 6.17. The van der Waals surface area contributed by atoms with Crippen LogP contribution in [0.15, 0.2) is 63.8 Å². The lowest BCUT2D eigenvalue weighted by atomic mass is 9.87. The number of rotatable bonds is 1. The minimum Gasteiger partial charge on any atom is -0.464 e. The van der Waals surface area contributed by atoms with Crippen molar-refractivity contribution < 1.29 is 18.1 Å². The standard InChI is InChI=1S/C30H26NO3/c1-16-19-10-12-32-22(19)14-23-24(16)26-25-17(9-11-31(26)5)13-21-20-8-6-7-18(15-30(2,3)4)27(20)34-28(21)29(25)33-23/h6-14H,15H2,1-5H3/q+1. The minimum absolute atomic E-state index is 0.161. The Bertz CT molecular complexity index is 1810. The number of furan rings is 2. The Morgan fingerprint density at radius 3 is 2.62 bits per heavy atom. The van der Waals surface area contributed by atoms with Gasteiger partial charge in [-0.1, -0.05) is 39.0 Å². The first-order valence-corrected chi connectivity index (χ1v) is 11.8. The first kappa shape index (κ1) is 19.7. The molecule has 0 bridgehead atoms. The van der Waals surface area contributed by atoms with Crippen LogP contribution < -0.4 is 9.30 Å². The van der Waals surface area contributed by atoms with E-state index in [2.05, 4.69) is 75.8 Å². The molecule has 0 N–H and O–H groups in total. The van der Waals surface area contributed by atoms with Crippen molar-refractivity contribution in [1.29, 1.82) is 0 Å². The van der Waals surface area contributed by atoms with Gasteiger partial charge in [-0.25, -0.2) is 4.57 Å². The predicted molar refractivity (Wildman–Crippen MR) is 136 cm³/mol. The van der Waals surface area contributed by atoms with Crippen LogP contribution in [0.25, 0.3) is 54.9 Å². The molecular weight excluding hydrogens is 422 g/mol. The molecule has 0 aliphatic carbocycles. The molecule has 4 heteroatoms. The molecule has 6 aromatic rings. The highest BCUT2D eigenvalue weighted by Crippen LogP contribution is 2.52. The second kappa shape index (κ2) is 6.41. The molecule has 3 aromatic carbocycles. The second-order valence-corrected chi connectivity index (χ2v) is 10.8. The van der Waals surface area contributed by atoms with Crippen LogP contribution in [0, 0.1) is 12.3 Å². The summed E-state index contributed by atoms with van der Waals surface area (Å²) in [6, 6.07) is 14.9. The van der Waals surface area contributed by atoms with Crippen molar-refractivity contribution in [3.8, 4) is 22.8 Å². The van der Waals surface area contributed by atoms with Crippen molar-refractivity contribution in [3.05, 3.63) is 66.1 Å². The fraction of sp³-hybridized carbons (Fsp3) is 0.233. The van der Waals surface area contributed by atoms with Gasteiger partial charge in [0.1, 0.15) is 29.3 Å². The summed E-state index contributed by atoms with van der Waals surface area (Å²) in [5, 5.41) is 5.58. The number of benzene rings is 3.